The number of hydrogen-bond acceptors (Lipinski definition) is 3. The molecule has 1 heterocycles. The van der Waals surface area contributed by atoms with Crippen molar-refractivity contribution in [3.63, 3.8) is 0 Å². The van der Waals surface area contributed by atoms with Gasteiger partial charge in [-0.15, -0.1) is 0 Å². The summed E-state index contributed by atoms with van der Waals surface area (Å²) in [4.78, 5) is 26.5. The van der Waals surface area contributed by atoms with E-state index in [0.29, 0.717) is 11.3 Å². The van der Waals surface area contributed by atoms with Crippen LogP contribution in [0.15, 0.2) is 54.6 Å². The largest absolute Gasteiger partial charge is 0.372 e. The standard InChI is InChI=1S/C19H19FN2O3/c1-13(14-6-5-7-15(20)12-14)21-17(23)19(25)10-11-22(18(19)24)16-8-3-2-4-9-16/h2-9,12-13,25H,10-11H2,1H3,(H,21,23). The third kappa shape index (κ3) is 3.25. The second-order valence-corrected chi connectivity index (χ2v) is 6.15. The summed E-state index contributed by atoms with van der Waals surface area (Å²) < 4.78 is 13.3. The van der Waals surface area contributed by atoms with Crippen molar-refractivity contribution in [1.82, 2.24) is 5.32 Å². The molecule has 5 nitrogen and oxygen atoms in total. The second-order valence-electron chi connectivity index (χ2n) is 6.15. The molecule has 1 aliphatic rings. The van der Waals surface area contributed by atoms with Gasteiger partial charge in [0.05, 0.1) is 6.04 Å². The number of anilines is 1. The molecule has 0 saturated carbocycles. The Hall–Kier alpha value is -2.73. The molecular weight excluding hydrogens is 323 g/mol. The van der Waals surface area contributed by atoms with Crippen molar-refractivity contribution in [3.8, 4) is 0 Å². The zero-order valence-corrected chi connectivity index (χ0v) is 13.8. The normalized spacial score (nSPS) is 21.2. The van der Waals surface area contributed by atoms with Gasteiger partial charge in [-0.3, -0.25) is 9.59 Å². The van der Waals surface area contributed by atoms with Crippen LogP contribution < -0.4 is 10.2 Å². The average Bonchev–Trinajstić information content (AvgIpc) is 2.92. The minimum Gasteiger partial charge on any atom is -0.372 e. The lowest BCUT2D eigenvalue weighted by atomic mass is 10.00. The Bertz CT molecular complexity index is 796. The van der Waals surface area contributed by atoms with E-state index in [2.05, 4.69) is 5.32 Å². The SMILES string of the molecule is CC(NC(=O)C1(O)CCN(c2ccccc2)C1=O)c1cccc(F)c1. The quantitative estimate of drug-likeness (QED) is 0.837. The maximum Gasteiger partial charge on any atom is 0.268 e. The fourth-order valence-corrected chi connectivity index (χ4v) is 2.95. The molecule has 25 heavy (non-hydrogen) atoms. The lowest BCUT2D eigenvalue weighted by Crippen LogP contribution is -2.53. The van der Waals surface area contributed by atoms with Gasteiger partial charge in [-0.05, 0) is 36.8 Å². The summed E-state index contributed by atoms with van der Waals surface area (Å²) in [5.74, 6) is -1.83. The molecule has 3 rings (SSSR count). The molecule has 0 aliphatic carbocycles. The van der Waals surface area contributed by atoms with E-state index >= 15 is 0 Å². The number of amides is 2. The number of nitrogens with zero attached hydrogens (tertiary/aromatic N) is 1. The molecule has 2 atom stereocenters. The van der Waals surface area contributed by atoms with E-state index in [1.54, 1.807) is 43.3 Å². The smallest absolute Gasteiger partial charge is 0.268 e. The number of carbonyl (C=O) groups excluding carboxylic acids is 2. The zero-order valence-electron chi connectivity index (χ0n) is 13.8. The van der Waals surface area contributed by atoms with Gasteiger partial charge in [0.15, 0.2) is 0 Å². The van der Waals surface area contributed by atoms with E-state index in [4.69, 9.17) is 0 Å². The molecule has 1 aliphatic heterocycles. The van der Waals surface area contributed by atoms with Gasteiger partial charge in [-0.1, -0.05) is 30.3 Å². The minimum atomic E-state index is -2.11. The molecule has 0 bridgehead atoms. The Morgan fingerprint density at radius 1 is 1.24 bits per heavy atom. The third-order valence-electron chi connectivity index (χ3n) is 4.44. The average molecular weight is 342 g/mol. The van der Waals surface area contributed by atoms with Gasteiger partial charge in [0.2, 0.25) is 5.60 Å². The summed E-state index contributed by atoms with van der Waals surface area (Å²) in [6.45, 7) is 1.92. The zero-order chi connectivity index (χ0) is 18.0. The lowest BCUT2D eigenvalue weighted by Gasteiger charge is -2.24. The van der Waals surface area contributed by atoms with Crippen LogP contribution in [-0.4, -0.2) is 29.1 Å². The number of benzene rings is 2. The molecule has 2 aromatic rings. The summed E-state index contributed by atoms with van der Waals surface area (Å²) >= 11 is 0. The molecule has 0 aromatic heterocycles. The molecule has 2 unspecified atom stereocenters. The van der Waals surface area contributed by atoms with E-state index in [9.17, 15) is 19.1 Å². The van der Waals surface area contributed by atoms with Crippen LogP contribution in [0.1, 0.15) is 24.9 Å². The second kappa shape index (κ2) is 6.64. The van der Waals surface area contributed by atoms with Crippen LogP contribution in [0.3, 0.4) is 0 Å². The number of rotatable bonds is 4. The first-order chi connectivity index (χ1) is 11.9. The number of hydrogen-bond donors (Lipinski definition) is 2. The number of halogens is 1. The fourth-order valence-electron chi connectivity index (χ4n) is 2.95. The maximum absolute atomic E-state index is 13.3. The van der Waals surface area contributed by atoms with Gasteiger partial charge < -0.3 is 15.3 Å². The number of aliphatic hydroxyl groups is 1. The molecule has 0 radical (unpaired) electrons. The molecule has 130 valence electrons. The summed E-state index contributed by atoms with van der Waals surface area (Å²) in [5.41, 5.74) is -0.922. The number of carbonyl (C=O) groups is 2. The van der Waals surface area contributed by atoms with Crippen molar-refractivity contribution in [1.29, 1.82) is 0 Å². The highest BCUT2D eigenvalue weighted by Gasteiger charge is 2.51. The summed E-state index contributed by atoms with van der Waals surface area (Å²) in [6.07, 6.45) is 0.00241. The lowest BCUT2D eigenvalue weighted by molar-refractivity contribution is -0.149. The van der Waals surface area contributed by atoms with Crippen molar-refractivity contribution < 1.29 is 19.1 Å². The number of nitrogens with one attached hydrogen (secondary N) is 1. The van der Waals surface area contributed by atoms with Gasteiger partial charge in [0.1, 0.15) is 5.82 Å². The summed E-state index contributed by atoms with van der Waals surface area (Å²) in [7, 11) is 0. The highest BCUT2D eigenvalue weighted by Crippen LogP contribution is 2.29. The topological polar surface area (TPSA) is 69.6 Å². The first-order valence-corrected chi connectivity index (χ1v) is 8.07. The third-order valence-corrected chi connectivity index (χ3v) is 4.44. The number of para-hydroxylation sites is 1. The van der Waals surface area contributed by atoms with Gasteiger partial charge >= 0.3 is 0 Å². The van der Waals surface area contributed by atoms with E-state index < -0.39 is 29.3 Å². The predicted octanol–water partition coefficient (Wildman–Crippen LogP) is 2.17. The van der Waals surface area contributed by atoms with Crippen molar-refractivity contribution in [3.05, 3.63) is 66.0 Å². The summed E-state index contributed by atoms with van der Waals surface area (Å²) in [5, 5.41) is 13.2. The highest BCUT2D eigenvalue weighted by molar-refractivity contribution is 6.16. The Balaban J connectivity index is 1.74. The predicted molar refractivity (Wildman–Crippen MR) is 91.3 cm³/mol. The summed E-state index contributed by atoms with van der Waals surface area (Å²) in [6, 6.07) is 14.2. The van der Waals surface area contributed by atoms with Crippen molar-refractivity contribution in [2.45, 2.75) is 25.0 Å². The van der Waals surface area contributed by atoms with Crippen molar-refractivity contribution >= 4 is 17.5 Å². The fraction of sp³-hybridized carbons (Fsp3) is 0.263. The van der Waals surface area contributed by atoms with E-state index in [0.717, 1.165) is 0 Å². The Morgan fingerprint density at radius 3 is 2.64 bits per heavy atom. The van der Waals surface area contributed by atoms with E-state index in [1.807, 2.05) is 6.07 Å². The van der Waals surface area contributed by atoms with Gasteiger partial charge in [0, 0.05) is 18.7 Å². The first kappa shape index (κ1) is 17.1. The molecule has 0 spiro atoms. The molecule has 1 fully saturated rings. The molecular formula is C19H19FN2O3. The van der Waals surface area contributed by atoms with Crippen LogP contribution in [0.5, 0.6) is 0 Å². The Morgan fingerprint density at radius 2 is 1.96 bits per heavy atom. The first-order valence-electron chi connectivity index (χ1n) is 8.07. The van der Waals surface area contributed by atoms with Gasteiger partial charge in [0.25, 0.3) is 11.8 Å². The molecule has 2 N–H and O–H groups in total. The monoisotopic (exact) mass is 342 g/mol. The maximum atomic E-state index is 13.3. The Kier molecular flexibility index (Phi) is 4.55. The van der Waals surface area contributed by atoms with Crippen LogP contribution in [0.4, 0.5) is 10.1 Å². The highest BCUT2D eigenvalue weighted by atomic mass is 19.1. The van der Waals surface area contributed by atoms with Crippen LogP contribution in [0.25, 0.3) is 0 Å². The van der Waals surface area contributed by atoms with E-state index in [-0.39, 0.29) is 13.0 Å². The van der Waals surface area contributed by atoms with Crippen LogP contribution >= 0.6 is 0 Å². The van der Waals surface area contributed by atoms with Crippen LogP contribution in [-0.2, 0) is 9.59 Å². The molecule has 2 aromatic carbocycles. The van der Waals surface area contributed by atoms with Crippen molar-refractivity contribution in [2.24, 2.45) is 0 Å². The molecule has 1 saturated heterocycles. The minimum absolute atomic E-state index is 0.00241. The van der Waals surface area contributed by atoms with Gasteiger partial charge in [-0.2, -0.15) is 0 Å². The van der Waals surface area contributed by atoms with Crippen molar-refractivity contribution in [2.75, 3.05) is 11.4 Å². The molecule has 6 heteroatoms. The Labute approximate surface area is 145 Å². The van der Waals surface area contributed by atoms with Gasteiger partial charge in [-0.25, -0.2) is 4.39 Å². The molecule has 2 amide bonds. The van der Waals surface area contributed by atoms with E-state index in [1.165, 1.54) is 17.0 Å². The van der Waals surface area contributed by atoms with Crippen LogP contribution in [0.2, 0.25) is 0 Å². The van der Waals surface area contributed by atoms with Crippen LogP contribution in [0, 0.1) is 5.82 Å².